The van der Waals surface area contributed by atoms with Crippen LogP contribution in [0.25, 0.3) is 0 Å². The molecule has 3 rings (SSSR count). The Kier molecular flexibility index (Phi) is 7.11. The lowest BCUT2D eigenvalue weighted by atomic mass is 10.2. The highest BCUT2D eigenvalue weighted by Crippen LogP contribution is 2.10. The Morgan fingerprint density at radius 2 is 1.96 bits per heavy atom. The van der Waals surface area contributed by atoms with Crippen LogP contribution in [-0.4, -0.2) is 56.2 Å². The number of aryl methyl sites for hydroxylation is 1. The number of rotatable bonds is 5. The number of hydrogen-bond donors (Lipinski definition) is 2. The largest absolute Gasteiger partial charge is 0.379 e. The van der Waals surface area contributed by atoms with Gasteiger partial charge in [0.05, 0.1) is 19.8 Å². The predicted molar refractivity (Wildman–Crippen MR) is 108 cm³/mol. The van der Waals surface area contributed by atoms with Gasteiger partial charge in [0.25, 0.3) is 5.91 Å². The second-order valence-electron chi connectivity index (χ2n) is 6.64. The van der Waals surface area contributed by atoms with E-state index in [1.54, 1.807) is 6.07 Å². The van der Waals surface area contributed by atoms with E-state index in [0.717, 1.165) is 44.1 Å². The normalized spacial score (nSPS) is 15.3. The van der Waals surface area contributed by atoms with Gasteiger partial charge in [-0.3, -0.25) is 20.0 Å². The molecule has 0 atom stereocenters. The summed E-state index contributed by atoms with van der Waals surface area (Å²) in [7, 11) is 0. The number of benzene rings is 2. The number of hydrogen-bond acceptors (Lipinski definition) is 4. The molecule has 0 bridgehead atoms. The first-order valence-electron chi connectivity index (χ1n) is 9.35. The first-order chi connectivity index (χ1) is 13.6. The molecule has 28 heavy (non-hydrogen) atoms. The zero-order chi connectivity index (χ0) is 19.8. The lowest BCUT2D eigenvalue weighted by Gasteiger charge is -2.25. The maximum Gasteiger partial charge on any atom is 0.258 e. The van der Waals surface area contributed by atoms with E-state index in [1.165, 1.54) is 18.2 Å². The Balaban J connectivity index is 1.69. The van der Waals surface area contributed by atoms with Gasteiger partial charge in [0, 0.05) is 30.9 Å². The van der Waals surface area contributed by atoms with Gasteiger partial charge in [-0.05, 0) is 42.8 Å². The van der Waals surface area contributed by atoms with E-state index in [9.17, 15) is 9.18 Å². The highest BCUT2D eigenvalue weighted by atomic mass is 19.1. The standard InChI is InChI=1S/C21H25FN4O2/c1-16-4-2-7-19(14-16)24-21(23-8-9-26-10-12-28-13-11-26)25-20(27)17-5-3-6-18(22)15-17/h2-7,14-15H,8-13H2,1H3,(H2,23,24,25,27). The van der Waals surface area contributed by atoms with Gasteiger partial charge in [0.2, 0.25) is 5.96 Å². The molecule has 2 aromatic rings. The van der Waals surface area contributed by atoms with E-state index in [1.807, 2.05) is 31.2 Å². The smallest absolute Gasteiger partial charge is 0.258 e. The Morgan fingerprint density at radius 1 is 1.18 bits per heavy atom. The number of aliphatic imine (C=N–C) groups is 1. The average Bonchev–Trinajstić information content (AvgIpc) is 2.69. The van der Waals surface area contributed by atoms with Gasteiger partial charge in [-0.2, -0.15) is 0 Å². The summed E-state index contributed by atoms with van der Waals surface area (Å²) < 4.78 is 18.8. The van der Waals surface area contributed by atoms with Crippen molar-refractivity contribution in [2.24, 2.45) is 4.99 Å². The van der Waals surface area contributed by atoms with Gasteiger partial charge in [0.15, 0.2) is 0 Å². The monoisotopic (exact) mass is 384 g/mol. The molecule has 148 valence electrons. The molecule has 1 aliphatic heterocycles. The number of ether oxygens (including phenoxy) is 1. The summed E-state index contributed by atoms with van der Waals surface area (Å²) >= 11 is 0. The number of anilines is 1. The molecule has 2 N–H and O–H groups in total. The molecule has 0 spiro atoms. The van der Waals surface area contributed by atoms with E-state index < -0.39 is 11.7 Å². The van der Waals surface area contributed by atoms with Crippen molar-refractivity contribution in [3.63, 3.8) is 0 Å². The fourth-order valence-corrected chi connectivity index (χ4v) is 2.91. The molecule has 0 aromatic heterocycles. The highest BCUT2D eigenvalue weighted by molar-refractivity contribution is 6.09. The number of morpholine rings is 1. The molecule has 6 nitrogen and oxygen atoms in total. The molecule has 1 saturated heterocycles. The molecule has 1 amide bonds. The van der Waals surface area contributed by atoms with Crippen LogP contribution in [0.3, 0.4) is 0 Å². The third-order valence-electron chi connectivity index (χ3n) is 4.39. The van der Waals surface area contributed by atoms with Crippen molar-refractivity contribution in [3.8, 4) is 0 Å². The Morgan fingerprint density at radius 3 is 2.71 bits per heavy atom. The summed E-state index contributed by atoms with van der Waals surface area (Å²) in [6, 6.07) is 13.4. The molecule has 0 radical (unpaired) electrons. The van der Waals surface area contributed by atoms with Crippen molar-refractivity contribution in [1.82, 2.24) is 10.2 Å². The van der Waals surface area contributed by atoms with Gasteiger partial charge >= 0.3 is 0 Å². The average molecular weight is 384 g/mol. The molecule has 2 aromatic carbocycles. The fraction of sp³-hybridized carbons (Fsp3) is 0.333. The van der Waals surface area contributed by atoms with Crippen molar-refractivity contribution < 1.29 is 13.9 Å². The first kappa shape index (κ1) is 20.0. The molecular weight excluding hydrogens is 359 g/mol. The van der Waals surface area contributed by atoms with Crippen LogP contribution in [0.2, 0.25) is 0 Å². The summed E-state index contributed by atoms with van der Waals surface area (Å²) in [5.41, 5.74) is 2.16. The van der Waals surface area contributed by atoms with Crippen LogP contribution < -0.4 is 10.6 Å². The van der Waals surface area contributed by atoms with E-state index in [-0.39, 0.29) is 5.56 Å². The Bertz CT molecular complexity index is 835. The number of carbonyl (C=O) groups excluding carboxylic acids is 1. The van der Waals surface area contributed by atoms with E-state index in [2.05, 4.69) is 20.5 Å². The number of amides is 1. The lowest BCUT2D eigenvalue weighted by Crippen LogP contribution is -2.39. The van der Waals surface area contributed by atoms with E-state index >= 15 is 0 Å². The van der Waals surface area contributed by atoms with Crippen molar-refractivity contribution in [2.45, 2.75) is 6.92 Å². The highest BCUT2D eigenvalue weighted by Gasteiger charge is 2.12. The second kappa shape index (κ2) is 9.96. The van der Waals surface area contributed by atoms with E-state index in [4.69, 9.17) is 4.74 Å². The minimum atomic E-state index is -0.454. The molecular formula is C21H25FN4O2. The molecule has 1 heterocycles. The predicted octanol–water partition coefficient (Wildman–Crippen LogP) is 2.66. The number of carbonyl (C=O) groups is 1. The number of guanidine groups is 1. The van der Waals surface area contributed by atoms with Gasteiger partial charge in [-0.15, -0.1) is 0 Å². The first-order valence-corrected chi connectivity index (χ1v) is 9.35. The van der Waals surface area contributed by atoms with Crippen molar-refractivity contribution in [3.05, 3.63) is 65.5 Å². The molecule has 1 aliphatic rings. The van der Waals surface area contributed by atoms with Crippen LogP contribution in [0.4, 0.5) is 10.1 Å². The summed E-state index contributed by atoms with van der Waals surface area (Å²) in [6.45, 7) is 6.52. The van der Waals surface area contributed by atoms with Crippen LogP contribution in [-0.2, 0) is 4.74 Å². The van der Waals surface area contributed by atoms with Crippen LogP contribution in [0.1, 0.15) is 15.9 Å². The quantitative estimate of drug-likeness (QED) is 0.615. The maximum absolute atomic E-state index is 13.4. The van der Waals surface area contributed by atoms with Crippen LogP contribution in [0, 0.1) is 12.7 Å². The molecule has 0 aliphatic carbocycles. The zero-order valence-corrected chi connectivity index (χ0v) is 16.0. The SMILES string of the molecule is Cc1cccc(NC(=NCCN2CCOCC2)NC(=O)c2cccc(F)c2)c1. The Hall–Kier alpha value is -2.77. The summed E-state index contributed by atoms with van der Waals surface area (Å²) in [4.78, 5) is 19.3. The molecule has 0 unspecified atom stereocenters. The van der Waals surface area contributed by atoms with E-state index in [0.29, 0.717) is 12.5 Å². The summed E-state index contributed by atoms with van der Waals surface area (Å²) in [5.74, 6) is -0.525. The van der Waals surface area contributed by atoms with Crippen LogP contribution in [0.15, 0.2) is 53.5 Å². The third-order valence-corrected chi connectivity index (χ3v) is 4.39. The van der Waals surface area contributed by atoms with Gasteiger partial charge in [0.1, 0.15) is 5.82 Å². The van der Waals surface area contributed by atoms with Crippen molar-refractivity contribution in [2.75, 3.05) is 44.7 Å². The number of halogens is 1. The second-order valence-corrected chi connectivity index (χ2v) is 6.64. The fourth-order valence-electron chi connectivity index (χ4n) is 2.91. The molecule has 7 heteroatoms. The van der Waals surface area contributed by atoms with Gasteiger partial charge in [-0.25, -0.2) is 4.39 Å². The minimum Gasteiger partial charge on any atom is -0.379 e. The zero-order valence-electron chi connectivity index (χ0n) is 16.0. The molecule has 1 fully saturated rings. The van der Waals surface area contributed by atoms with Crippen molar-refractivity contribution in [1.29, 1.82) is 0 Å². The number of nitrogens with zero attached hydrogens (tertiary/aromatic N) is 2. The number of nitrogens with one attached hydrogen (secondary N) is 2. The lowest BCUT2D eigenvalue weighted by molar-refractivity contribution is 0.0394. The van der Waals surface area contributed by atoms with Crippen molar-refractivity contribution >= 4 is 17.6 Å². The molecule has 0 saturated carbocycles. The summed E-state index contributed by atoms with van der Waals surface area (Å²) in [6.07, 6.45) is 0. The van der Waals surface area contributed by atoms with Crippen LogP contribution in [0.5, 0.6) is 0 Å². The summed E-state index contributed by atoms with van der Waals surface area (Å²) in [5, 5.41) is 5.91. The minimum absolute atomic E-state index is 0.243. The van der Waals surface area contributed by atoms with Crippen LogP contribution >= 0.6 is 0 Å². The third kappa shape index (κ3) is 6.14. The Labute approximate surface area is 164 Å². The van der Waals surface area contributed by atoms with Gasteiger partial charge < -0.3 is 10.1 Å². The van der Waals surface area contributed by atoms with Gasteiger partial charge in [-0.1, -0.05) is 18.2 Å². The topological polar surface area (TPSA) is 66.0 Å². The maximum atomic E-state index is 13.4.